The zero-order chi connectivity index (χ0) is 15.5. The van der Waals surface area contributed by atoms with Gasteiger partial charge in [-0.25, -0.2) is 0 Å². The summed E-state index contributed by atoms with van der Waals surface area (Å²) < 4.78 is 1.49. The largest absolute Gasteiger partial charge is 0.399 e. The number of benzene rings is 2. The number of hydrogen-bond donors (Lipinski definition) is 1. The molecule has 5 heteroatoms. The summed E-state index contributed by atoms with van der Waals surface area (Å²) >= 11 is 1.08. The lowest BCUT2D eigenvalue weighted by atomic mass is 10.1. The molecule has 3 aromatic rings. The Morgan fingerprint density at radius 2 is 1.86 bits per heavy atom. The van der Waals surface area contributed by atoms with Crippen molar-refractivity contribution in [1.29, 1.82) is 0 Å². The third-order valence-corrected chi connectivity index (χ3v) is 4.13. The highest BCUT2D eigenvalue weighted by Crippen LogP contribution is 2.22. The zero-order valence-corrected chi connectivity index (χ0v) is 12.5. The molecule has 3 rings (SSSR count). The monoisotopic (exact) mass is 310 g/mol. The first-order chi connectivity index (χ1) is 10.6. The Bertz CT molecular complexity index is 866. The van der Waals surface area contributed by atoms with E-state index in [9.17, 15) is 9.59 Å². The van der Waals surface area contributed by atoms with Crippen molar-refractivity contribution in [2.24, 2.45) is 0 Å². The van der Waals surface area contributed by atoms with Crippen molar-refractivity contribution in [2.75, 3.05) is 5.73 Å². The fourth-order valence-corrected chi connectivity index (χ4v) is 3.03. The molecule has 0 aliphatic heterocycles. The third kappa shape index (κ3) is 2.84. The first-order valence-electron chi connectivity index (χ1n) is 6.77. The lowest BCUT2D eigenvalue weighted by Gasteiger charge is -2.08. The van der Waals surface area contributed by atoms with E-state index >= 15 is 0 Å². The van der Waals surface area contributed by atoms with Crippen LogP contribution in [-0.2, 0) is 6.54 Å². The molecular weight excluding hydrogens is 296 g/mol. The van der Waals surface area contributed by atoms with Crippen molar-refractivity contribution in [3.8, 4) is 11.3 Å². The second kappa shape index (κ2) is 5.99. The average molecular weight is 310 g/mol. The van der Waals surface area contributed by atoms with E-state index in [0.29, 0.717) is 16.9 Å². The molecule has 4 nitrogen and oxygen atoms in total. The van der Waals surface area contributed by atoms with E-state index in [1.54, 1.807) is 29.6 Å². The fourth-order valence-electron chi connectivity index (χ4n) is 2.26. The minimum absolute atomic E-state index is 0.0243. The molecule has 0 radical (unpaired) electrons. The number of thiazole rings is 1. The lowest BCUT2D eigenvalue weighted by Crippen LogP contribution is -2.20. The van der Waals surface area contributed by atoms with Gasteiger partial charge < -0.3 is 5.73 Å². The van der Waals surface area contributed by atoms with Crippen molar-refractivity contribution >= 4 is 22.8 Å². The first-order valence-corrected chi connectivity index (χ1v) is 7.65. The van der Waals surface area contributed by atoms with Gasteiger partial charge in [0, 0.05) is 22.2 Å². The summed E-state index contributed by atoms with van der Waals surface area (Å²) in [6.07, 6.45) is 0. The van der Waals surface area contributed by atoms with Gasteiger partial charge in [-0.1, -0.05) is 53.8 Å². The van der Waals surface area contributed by atoms with Crippen LogP contribution in [0.4, 0.5) is 5.69 Å². The standard InChI is InChI=1S/C17H14N2O2S/c18-14-8-4-7-13(9-14)15-11-22-17(21)19(15)10-16(20)12-5-2-1-3-6-12/h1-9,11H,10,18H2. The molecule has 0 atom stereocenters. The molecule has 0 saturated carbocycles. The summed E-state index contributed by atoms with van der Waals surface area (Å²) in [4.78, 5) is 24.2. The molecule has 22 heavy (non-hydrogen) atoms. The van der Waals surface area contributed by atoms with E-state index in [2.05, 4.69) is 0 Å². The molecule has 2 aromatic carbocycles. The van der Waals surface area contributed by atoms with Crippen LogP contribution in [0.25, 0.3) is 11.3 Å². The molecule has 0 aliphatic carbocycles. The van der Waals surface area contributed by atoms with Crippen LogP contribution in [0.2, 0.25) is 0 Å². The highest BCUT2D eigenvalue weighted by Gasteiger charge is 2.13. The molecule has 0 fully saturated rings. The average Bonchev–Trinajstić information content (AvgIpc) is 2.89. The van der Waals surface area contributed by atoms with Gasteiger partial charge in [-0.15, -0.1) is 0 Å². The van der Waals surface area contributed by atoms with E-state index in [-0.39, 0.29) is 17.2 Å². The first kappa shape index (κ1) is 14.3. The van der Waals surface area contributed by atoms with Crippen LogP contribution in [0.15, 0.2) is 64.8 Å². The van der Waals surface area contributed by atoms with Gasteiger partial charge in [0.05, 0.1) is 12.2 Å². The summed E-state index contributed by atoms with van der Waals surface area (Å²) in [5, 5.41) is 1.76. The zero-order valence-electron chi connectivity index (χ0n) is 11.7. The van der Waals surface area contributed by atoms with Crippen molar-refractivity contribution in [3.05, 3.63) is 75.2 Å². The Kier molecular flexibility index (Phi) is 3.89. The number of nitrogens with zero attached hydrogens (tertiary/aromatic N) is 1. The van der Waals surface area contributed by atoms with Crippen LogP contribution in [0, 0.1) is 0 Å². The molecule has 0 aliphatic rings. The van der Waals surface area contributed by atoms with Crippen molar-refractivity contribution in [2.45, 2.75) is 6.54 Å². The Morgan fingerprint density at radius 3 is 2.59 bits per heavy atom. The number of rotatable bonds is 4. The second-order valence-electron chi connectivity index (χ2n) is 4.89. The van der Waals surface area contributed by atoms with E-state index in [0.717, 1.165) is 16.9 Å². The van der Waals surface area contributed by atoms with Crippen molar-refractivity contribution in [1.82, 2.24) is 4.57 Å². The van der Waals surface area contributed by atoms with E-state index in [1.165, 1.54) is 4.57 Å². The molecule has 110 valence electrons. The van der Waals surface area contributed by atoms with Crippen LogP contribution in [0.3, 0.4) is 0 Å². The summed E-state index contributed by atoms with van der Waals surface area (Å²) in [5.74, 6) is -0.0914. The van der Waals surface area contributed by atoms with E-state index in [4.69, 9.17) is 5.73 Å². The number of nitrogen functional groups attached to an aromatic ring is 1. The summed E-state index contributed by atoms with van der Waals surface area (Å²) in [7, 11) is 0. The summed E-state index contributed by atoms with van der Waals surface area (Å²) in [5.41, 5.74) is 8.56. The maximum Gasteiger partial charge on any atom is 0.307 e. The van der Waals surface area contributed by atoms with Gasteiger partial charge in [-0.05, 0) is 12.1 Å². The van der Waals surface area contributed by atoms with Crippen LogP contribution in [-0.4, -0.2) is 10.4 Å². The second-order valence-corrected chi connectivity index (χ2v) is 5.71. The molecule has 0 unspecified atom stereocenters. The van der Waals surface area contributed by atoms with Gasteiger partial charge in [-0.3, -0.25) is 14.2 Å². The number of Topliss-reactive ketones (excluding diaryl/α,β-unsaturated/α-hetero) is 1. The fraction of sp³-hybridized carbons (Fsp3) is 0.0588. The number of carbonyl (C=O) groups excluding carboxylic acids is 1. The topological polar surface area (TPSA) is 65.1 Å². The molecule has 0 amide bonds. The van der Waals surface area contributed by atoms with Crippen molar-refractivity contribution in [3.63, 3.8) is 0 Å². The van der Waals surface area contributed by atoms with E-state index < -0.39 is 0 Å². The Balaban J connectivity index is 1.97. The molecule has 0 bridgehead atoms. The Labute approximate surface area is 131 Å². The number of carbonyl (C=O) groups is 1. The van der Waals surface area contributed by atoms with Crippen LogP contribution in [0.5, 0.6) is 0 Å². The quantitative estimate of drug-likeness (QED) is 0.595. The minimum atomic E-state index is -0.151. The maximum atomic E-state index is 12.3. The van der Waals surface area contributed by atoms with Crippen LogP contribution < -0.4 is 10.6 Å². The lowest BCUT2D eigenvalue weighted by molar-refractivity contribution is 0.0972. The normalized spacial score (nSPS) is 10.5. The highest BCUT2D eigenvalue weighted by atomic mass is 32.1. The molecule has 1 aromatic heterocycles. The molecule has 0 spiro atoms. The third-order valence-electron chi connectivity index (χ3n) is 3.36. The Hall–Kier alpha value is -2.66. The molecule has 1 heterocycles. The predicted molar refractivity (Wildman–Crippen MR) is 89.2 cm³/mol. The number of aromatic nitrogens is 1. The maximum absolute atomic E-state index is 12.3. The SMILES string of the molecule is Nc1cccc(-c2csc(=O)n2CC(=O)c2ccccc2)c1. The number of anilines is 1. The highest BCUT2D eigenvalue weighted by molar-refractivity contribution is 7.07. The predicted octanol–water partition coefficient (Wildman–Crippen LogP) is 3.04. The summed E-state index contributed by atoms with van der Waals surface area (Å²) in [6, 6.07) is 16.3. The number of nitrogens with two attached hydrogens (primary N) is 1. The van der Waals surface area contributed by atoms with Gasteiger partial charge in [0.2, 0.25) is 0 Å². The van der Waals surface area contributed by atoms with Gasteiger partial charge in [-0.2, -0.15) is 0 Å². The molecule has 2 N–H and O–H groups in total. The Morgan fingerprint density at radius 1 is 1.09 bits per heavy atom. The smallest absolute Gasteiger partial charge is 0.307 e. The van der Waals surface area contributed by atoms with Crippen LogP contribution in [0.1, 0.15) is 10.4 Å². The van der Waals surface area contributed by atoms with Gasteiger partial charge in [0.15, 0.2) is 5.78 Å². The van der Waals surface area contributed by atoms with Gasteiger partial charge in [0.25, 0.3) is 0 Å². The van der Waals surface area contributed by atoms with Crippen molar-refractivity contribution < 1.29 is 4.79 Å². The number of hydrogen-bond acceptors (Lipinski definition) is 4. The minimum Gasteiger partial charge on any atom is -0.399 e. The van der Waals surface area contributed by atoms with E-state index in [1.807, 2.05) is 30.3 Å². The summed E-state index contributed by atoms with van der Waals surface area (Å²) in [6.45, 7) is 0.0243. The van der Waals surface area contributed by atoms with Gasteiger partial charge >= 0.3 is 4.87 Å². The number of ketones is 1. The molecule has 0 saturated heterocycles. The van der Waals surface area contributed by atoms with Crippen LogP contribution >= 0.6 is 11.3 Å². The molecular formula is C17H14N2O2S. The van der Waals surface area contributed by atoms with Gasteiger partial charge in [0.1, 0.15) is 0 Å².